The molecule has 138 valence electrons. The van der Waals surface area contributed by atoms with E-state index in [0.29, 0.717) is 22.2 Å². The summed E-state index contributed by atoms with van der Waals surface area (Å²) in [5.74, 6) is 0.568. The maximum absolute atomic E-state index is 12.0. The Kier molecular flexibility index (Phi) is 5.56. The summed E-state index contributed by atoms with van der Waals surface area (Å²) in [7, 11) is 0. The zero-order valence-corrected chi connectivity index (χ0v) is 15.3. The molecule has 8 heteroatoms. The largest absolute Gasteiger partial charge is 0.465 e. The SMILES string of the molecule is CC1=CC(c2cccc([N+](=O)[O-])c2)N(C(=O)O)C(SCc2ccccc2)=N1. The van der Waals surface area contributed by atoms with Crippen molar-refractivity contribution in [1.82, 2.24) is 4.90 Å². The molecule has 0 bridgehead atoms. The Morgan fingerprint density at radius 1 is 1.26 bits per heavy atom. The lowest BCUT2D eigenvalue weighted by atomic mass is 10.0. The predicted molar refractivity (Wildman–Crippen MR) is 105 cm³/mol. The first-order chi connectivity index (χ1) is 13.0. The summed E-state index contributed by atoms with van der Waals surface area (Å²) in [5, 5.41) is 21.2. The minimum Gasteiger partial charge on any atom is -0.465 e. The van der Waals surface area contributed by atoms with Crippen LogP contribution >= 0.6 is 11.8 Å². The molecule has 2 aromatic rings. The number of thioether (sulfide) groups is 1. The highest BCUT2D eigenvalue weighted by Gasteiger charge is 2.32. The molecule has 1 N–H and O–H groups in total. The van der Waals surface area contributed by atoms with Crippen molar-refractivity contribution >= 4 is 28.7 Å². The van der Waals surface area contributed by atoms with Gasteiger partial charge in [0.25, 0.3) is 5.69 Å². The third kappa shape index (κ3) is 4.35. The Balaban J connectivity index is 1.91. The molecule has 1 amide bonds. The van der Waals surface area contributed by atoms with Crippen molar-refractivity contribution in [1.29, 1.82) is 0 Å². The lowest BCUT2D eigenvalue weighted by molar-refractivity contribution is -0.384. The molecular formula is C19H17N3O4S. The molecule has 1 aliphatic rings. The third-order valence-electron chi connectivity index (χ3n) is 3.99. The van der Waals surface area contributed by atoms with Crippen molar-refractivity contribution in [3.8, 4) is 0 Å². The zero-order chi connectivity index (χ0) is 19.4. The summed E-state index contributed by atoms with van der Waals surface area (Å²) in [5.41, 5.74) is 2.16. The number of amides is 1. The molecule has 0 spiro atoms. The average molecular weight is 383 g/mol. The van der Waals surface area contributed by atoms with Gasteiger partial charge in [0.15, 0.2) is 5.17 Å². The van der Waals surface area contributed by atoms with Crippen LogP contribution in [0.15, 0.2) is 71.4 Å². The highest BCUT2D eigenvalue weighted by Crippen LogP contribution is 2.33. The first-order valence-corrected chi connectivity index (χ1v) is 9.14. The molecule has 0 radical (unpaired) electrons. The molecule has 0 saturated carbocycles. The minimum absolute atomic E-state index is 0.0788. The summed E-state index contributed by atoms with van der Waals surface area (Å²) < 4.78 is 0. The average Bonchev–Trinajstić information content (AvgIpc) is 2.66. The number of carbonyl (C=O) groups is 1. The number of hydrogen-bond donors (Lipinski definition) is 1. The summed E-state index contributed by atoms with van der Waals surface area (Å²) in [6.07, 6.45) is 0.536. The van der Waals surface area contributed by atoms with Crippen LogP contribution in [0.1, 0.15) is 24.1 Å². The Bertz CT molecular complexity index is 928. The number of amidine groups is 1. The molecular weight excluding hydrogens is 366 g/mol. The van der Waals surface area contributed by atoms with Crippen molar-refractivity contribution in [2.24, 2.45) is 4.99 Å². The van der Waals surface area contributed by atoms with Crippen molar-refractivity contribution in [3.63, 3.8) is 0 Å². The fourth-order valence-corrected chi connectivity index (χ4v) is 3.78. The van der Waals surface area contributed by atoms with E-state index < -0.39 is 17.1 Å². The van der Waals surface area contributed by atoms with Gasteiger partial charge in [-0.2, -0.15) is 0 Å². The second-order valence-corrected chi connectivity index (χ2v) is 6.87. The molecule has 1 heterocycles. The van der Waals surface area contributed by atoms with Gasteiger partial charge in [-0.1, -0.05) is 54.2 Å². The van der Waals surface area contributed by atoms with E-state index in [2.05, 4.69) is 4.99 Å². The molecule has 0 fully saturated rings. The van der Waals surface area contributed by atoms with Gasteiger partial charge < -0.3 is 5.11 Å². The summed E-state index contributed by atoms with van der Waals surface area (Å²) >= 11 is 1.32. The number of carboxylic acid groups (broad SMARTS) is 1. The van der Waals surface area contributed by atoms with Crippen molar-refractivity contribution < 1.29 is 14.8 Å². The van der Waals surface area contributed by atoms with Gasteiger partial charge in [-0.15, -0.1) is 0 Å². The Labute approximate surface area is 160 Å². The van der Waals surface area contributed by atoms with Gasteiger partial charge in [0.1, 0.15) is 0 Å². The van der Waals surface area contributed by atoms with E-state index in [1.54, 1.807) is 25.1 Å². The lowest BCUT2D eigenvalue weighted by Crippen LogP contribution is -2.38. The van der Waals surface area contributed by atoms with E-state index in [-0.39, 0.29) is 5.69 Å². The number of rotatable bonds is 4. The number of aliphatic imine (C=N–C) groups is 1. The van der Waals surface area contributed by atoms with Crippen molar-refractivity contribution in [2.75, 3.05) is 0 Å². The van der Waals surface area contributed by atoms with Gasteiger partial charge in [0.05, 0.1) is 11.0 Å². The summed E-state index contributed by atoms with van der Waals surface area (Å²) in [4.78, 5) is 28.1. The number of non-ortho nitro benzene ring substituents is 1. The van der Waals surface area contributed by atoms with Crippen molar-refractivity contribution in [3.05, 3.63) is 87.6 Å². The van der Waals surface area contributed by atoms with Crippen LogP contribution < -0.4 is 0 Å². The van der Waals surface area contributed by atoms with Crippen LogP contribution in [0.4, 0.5) is 10.5 Å². The van der Waals surface area contributed by atoms with Crippen LogP contribution in [0.5, 0.6) is 0 Å². The first kappa shape index (κ1) is 18.7. The smallest absolute Gasteiger partial charge is 0.414 e. The third-order valence-corrected chi connectivity index (χ3v) is 5.02. The van der Waals surface area contributed by atoms with Crippen LogP contribution in [0.25, 0.3) is 0 Å². The molecule has 2 aromatic carbocycles. The number of nitro groups is 1. The second-order valence-electron chi connectivity index (χ2n) is 5.93. The Hall–Kier alpha value is -3.13. The van der Waals surface area contributed by atoms with Crippen LogP contribution in [-0.2, 0) is 5.75 Å². The van der Waals surface area contributed by atoms with Crippen LogP contribution in [0.3, 0.4) is 0 Å². The molecule has 0 aliphatic carbocycles. The van der Waals surface area contributed by atoms with Gasteiger partial charge in [-0.3, -0.25) is 10.1 Å². The van der Waals surface area contributed by atoms with Gasteiger partial charge >= 0.3 is 6.09 Å². The predicted octanol–water partition coefficient (Wildman–Crippen LogP) is 4.82. The summed E-state index contributed by atoms with van der Waals surface area (Å²) in [6, 6.07) is 15.0. The van der Waals surface area contributed by atoms with E-state index in [1.165, 1.54) is 23.9 Å². The van der Waals surface area contributed by atoms with E-state index in [4.69, 9.17) is 0 Å². The number of nitro benzene ring substituents is 1. The lowest BCUT2D eigenvalue weighted by Gasteiger charge is -2.31. The van der Waals surface area contributed by atoms with Crippen molar-refractivity contribution in [2.45, 2.75) is 18.7 Å². The highest BCUT2D eigenvalue weighted by molar-refractivity contribution is 8.13. The van der Waals surface area contributed by atoms with E-state index in [9.17, 15) is 20.0 Å². The fourth-order valence-electron chi connectivity index (χ4n) is 2.76. The van der Waals surface area contributed by atoms with E-state index in [1.807, 2.05) is 30.3 Å². The Morgan fingerprint density at radius 2 is 2.00 bits per heavy atom. The highest BCUT2D eigenvalue weighted by atomic mass is 32.2. The number of allylic oxidation sites excluding steroid dienone is 1. The molecule has 1 atom stereocenters. The molecule has 1 unspecified atom stereocenters. The Morgan fingerprint density at radius 3 is 2.67 bits per heavy atom. The van der Waals surface area contributed by atoms with Gasteiger partial charge in [0, 0.05) is 23.6 Å². The molecule has 7 nitrogen and oxygen atoms in total. The molecule has 0 saturated heterocycles. The van der Waals surface area contributed by atoms with Gasteiger partial charge in [0.2, 0.25) is 0 Å². The van der Waals surface area contributed by atoms with Gasteiger partial charge in [-0.25, -0.2) is 14.7 Å². The fraction of sp³-hybridized carbons (Fsp3) is 0.158. The van der Waals surface area contributed by atoms with E-state index in [0.717, 1.165) is 10.5 Å². The summed E-state index contributed by atoms with van der Waals surface area (Å²) in [6.45, 7) is 1.78. The molecule has 27 heavy (non-hydrogen) atoms. The standard InChI is InChI=1S/C19H17N3O4S/c1-13-10-17(15-8-5-9-16(11-15)22(25)26)21(19(23)24)18(20-13)27-12-14-6-3-2-4-7-14/h2-11,17H,12H2,1H3,(H,23,24). The topological polar surface area (TPSA) is 96.0 Å². The van der Waals surface area contributed by atoms with Crippen LogP contribution in [0, 0.1) is 10.1 Å². The quantitative estimate of drug-likeness (QED) is 0.603. The van der Waals surface area contributed by atoms with E-state index >= 15 is 0 Å². The minimum atomic E-state index is -1.16. The maximum atomic E-state index is 12.0. The normalized spacial score (nSPS) is 16.5. The van der Waals surface area contributed by atoms with Crippen LogP contribution in [-0.4, -0.2) is 26.2 Å². The maximum Gasteiger partial charge on any atom is 0.414 e. The second kappa shape index (κ2) is 8.05. The van der Waals surface area contributed by atoms with Gasteiger partial charge in [-0.05, 0) is 24.1 Å². The first-order valence-electron chi connectivity index (χ1n) is 8.16. The number of hydrogen-bond acceptors (Lipinski definition) is 5. The molecule has 1 aliphatic heterocycles. The molecule has 0 aromatic heterocycles. The number of nitrogens with zero attached hydrogens (tertiary/aromatic N) is 3. The number of benzene rings is 2. The zero-order valence-electron chi connectivity index (χ0n) is 14.5. The monoisotopic (exact) mass is 383 g/mol. The van der Waals surface area contributed by atoms with Crippen LogP contribution in [0.2, 0.25) is 0 Å². The molecule has 3 rings (SSSR count).